The lowest BCUT2D eigenvalue weighted by molar-refractivity contribution is 1.09. The van der Waals surface area contributed by atoms with Gasteiger partial charge in [0, 0.05) is 11.9 Å². The van der Waals surface area contributed by atoms with E-state index in [0.29, 0.717) is 0 Å². The van der Waals surface area contributed by atoms with Gasteiger partial charge in [-0.05, 0) is 17.7 Å². The molecule has 0 saturated heterocycles. The molecule has 0 aromatic carbocycles. The molecule has 1 heteroatoms. The van der Waals surface area contributed by atoms with Crippen LogP contribution >= 0.6 is 0 Å². The molecule has 0 bridgehead atoms. The van der Waals surface area contributed by atoms with Crippen LogP contribution < -0.4 is 5.32 Å². The van der Waals surface area contributed by atoms with Crippen LogP contribution in [-0.4, -0.2) is 0 Å². The van der Waals surface area contributed by atoms with Crippen LogP contribution in [0.2, 0.25) is 0 Å². The molecule has 0 amide bonds. The largest absolute Gasteiger partial charge is 0.361 e. The quantitative estimate of drug-likeness (QED) is 0.588. The number of nitrogens with one attached hydrogen (secondary N) is 1. The second-order valence-electron chi connectivity index (χ2n) is 2.20. The molecular formula is C10H11N. The molecule has 11 heavy (non-hydrogen) atoms. The van der Waals surface area contributed by atoms with E-state index < -0.39 is 0 Å². The molecule has 1 aliphatic heterocycles. The van der Waals surface area contributed by atoms with Crippen molar-refractivity contribution in [2.75, 3.05) is 0 Å². The van der Waals surface area contributed by atoms with Crippen molar-refractivity contribution in [1.29, 1.82) is 0 Å². The topological polar surface area (TPSA) is 12.0 Å². The third-order valence-electron chi connectivity index (χ3n) is 1.41. The summed E-state index contributed by atoms with van der Waals surface area (Å²) in [6.45, 7) is 7.46. The van der Waals surface area contributed by atoms with E-state index in [4.69, 9.17) is 0 Å². The van der Waals surface area contributed by atoms with Gasteiger partial charge in [0.2, 0.25) is 0 Å². The molecule has 0 radical (unpaired) electrons. The third-order valence-corrected chi connectivity index (χ3v) is 1.41. The molecule has 0 spiro atoms. The van der Waals surface area contributed by atoms with Crippen molar-refractivity contribution in [2.24, 2.45) is 0 Å². The van der Waals surface area contributed by atoms with Gasteiger partial charge >= 0.3 is 0 Å². The van der Waals surface area contributed by atoms with E-state index in [-0.39, 0.29) is 0 Å². The Morgan fingerprint density at radius 1 is 1.36 bits per heavy atom. The molecule has 0 aromatic rings. The lowest BCUT2D eigenvalue weighted by atomic mass is 10.2. The Balaban J connectivity index is 2.79. The van der Waals surface area contributed by atoms with Crippen molar-refractivity contribution < 1.29 is 0 Å². The third kappa shape index (κ3) is 1.97. The lowest BCUT2D eigenvalue weighted by Crippen LogP contribution is -2.04. The molecule has 1 aliphatic rings. The normalized spacial score (nSPS) is 14.7. The standard InChI is InChI=1S/C10H11N/c1-3-9(2)10-7-5-4-6-8-11-10/h3-8,11H,1-2H2. The van der Waals surface area contributed by atoms with Crippen LogP contribution in [-0.2, 0) is 0 Å². The summed E-state index contributed by atoms with van der Waals surface area (Å²) in [7, 11) is 0. The number of allylic oxidation sites excluding steroid dienone is 5. The van der Waals surface area contributed by atoms with Crippen molar-refractivity contribution in [1.82, 2.24) is 5.32 Å². The maximum atomic E-state index is 3.82. The van der Waals surface area contributed by atoms with Gasteiger partial charge in [-0.15, -0.1) is 0 Å². The molecule has 1 rings (SSSR count). The Hall–Kier alpha value is -1.50. The van der Waals surface area contributed by atoms with Crippen LogP contribution in [0.15, 0.2) is 61.0 Å². The van der Waals surface area contributed by atoms with Crippen molar-refractivity contribution in [3.63, 3.8) is 0 Å². The fraction of sp³-hybridized carbons (Fsp3) is 0. The molecule has 0 aromatic heterocycles. The van der Waals surface area contributed by atoms with Gasteiger partial charge in [0.1, 0.15) is 0 Å². The van der Waals surface area contributed by atoms with Crippen LogP contribution in [0.4, 0.5) is 0 Å². The SMILES string of the molecule is C=CC(=C)C1=CC=CC=CN1. The first-order chi connectivity index (χ1) is 5.34. The monoisotopic (exact) mass is 145 g/mol. The highest BCUT2D eigenvalue weighted by Crippen LogP contribution is 2.06. The summed E-state index contributed by atoms with van der Waals surface area (Å²) >= 11 is 0. The second kappa shape index (κ2) is 3.62. The van der Waals surface area contributed by atoms with Crippen LogP contribution in [0.5, 0.6) is 0 Å². The zero-order valence-corrected chi connectivity index (χ0v) is 6.38. The first-order valence-corrected chi connectivity index (χ1v) is 3.46. The number of rotatable bonds is 2. The van der Waals surface area contributed by atoms with Gasteiger partial charge in [-0.25, -0.2) is 0 Å². The minimum atomic E-state index is 0.904. The van der Waals surface area contributed by atoms with E-state index in [2.05, 4.69) is 18.5 Å². The van der Waals surface area contributed by atoms with E-state index in [1.807, 2.05) is 30.5 Å². The Bertz CT molecular complexity index is 254. The summed E-state index contributed by atoms with van der Waals surface area (Å²) in [6, 6.07) is 0. The summed E-state index contributed by atoms with van der Waals surface area (Å²) in [5, 5.41) is 3.08. The first kappa shape index (κ1) is 7.61. The zero-order chi connectivity index (χ0) is 8.10. The van der Waals surface area contributed by atoms with Gasteiger partial charge in [0.25, 0.3) is 0 Å². The molecule has 56 valence electrons. The van der Waals surface area contributed by atoms with Crippen molar-refractivity contribution in [3.05, 3.63) is 61.0 Å². The average molecular weight is 145 g/mol. The summed E-state index contributed by atoms with van der Waals surface area (Å²) in [6.07, 6.45) is 11.4. The van der Waals surface area contributed by atoms with Crippen LogP contribution in [0.1, 0.15) is 0 Å². The molecule has 0 atom stereocenters. The predicted molar refractivity (Wildman–Crippen MR) is 48.8 cm³/mol. The van der Waals surface area contributed by atoms with Gasteiger partial charge < -0.3 is 5.32 Å². The fourth-order valence-corrected chi connectivity index (χ4v) is 0.767. The van der Waals surface area contributed by atoms with Gasteiger partial charge in [0.05, 0.1) is 0 Å². The first-order valence-electron chi connectivity index (χ1n) is 3.46. The highest BCUT2D eigenvalue weighted by atomic mass is 14.8. The molecule has 0 saturated carbocycles. The van der Waals surface area contributed by atoms with Crippen molar-refractivity contribution in [3.8, 4) is 0 Å². The number of hydrogen-bond acceptors (Lipinski definition) is 1. The molecule has 1 heterocycles. The fourth-order valence-electron chi connectivity index (χ4n) is 0.767. The highest BCUT2D eigenvalue weighted by Gasteiger charge is 1.94. The molecule has 0 aliphatic carbocycles. The minimum absolute atomic E-state index is 0.904. The van der Waals surface area contributed by atoms with E-state index in [0.717, 1.165) is 11.3 Å². The van der Waals surface area contributed by atoms with Crippen LogP contribution in [0.25, 0.3) is 0 Å². The smallest absolute Gasteiger partial charge is 0.0447 e. The maximum Gasteiger partial charge on any atom is 0.0447 e. The predicted octanol–water partition coefficient (Wildman–Crippen LogP) is 2.29. The molecule has 0 unspecified atom stereocenters. The van der Waals surface area contributed by atoms with E-state index in [9.17, 15) is 0 Å². The Morgan fingerprint density at radius 3 is 2.91 bits per heavy atom. The van der Waals surface area contributed by atoms with Crippen LogP contribution in [0, 0.1) is 0 Å². The maximum absolute atomic E-state index is 3.82. The summed E-state index contributed by atoms with van der Waals surface area (Å²) in [5.41, 5.74) is 1.89. The van der Waals surface area contributed by atoms with Gasteiger partial charge in [-0.2, -0.15) is 0 Å². The van der Waals surface area contributed by atoms with Gasteiger partial charge in [0.15, 0.2) is 0 Å². The zero-order valence-electron chi connectivity index (χ0n) is 6.38. The lowest BCUT2D eigenvalue weighted by Gasteiger charge is -2.03. The molecule has 1 nitrogen and oxygen atoms in total. The average Bonchev–Trinajstić information content (AvgIpc) is 2.30. The van der Waals surface area contributed by atoms with E-state index in [1.54, 1.807) is 6.08 Å². The highest BCUT2D eigenvalue weighted by molar-refractivity contribution is 5.39. The Kier molecular flexibility index (Phi) is 2.50. The molecular weight excluding hydrogens is 134 g/mol. The molecule has 0 fully saturated rings. The van der Waals surface area contributed by atoms with E-state index in [1.165, 1.54) is 0 Å². The number of hydrogen-bond donors (Lipinski definition) is 1. The molecule has 1 N–H and O–H groups in total. The van der Waals surface area contributed by atoms with Gasteiger partial charge in [-0.3, -0.25) is 0 Å². The minimum Gasteiger partial charge on any atom is -0.361 e. The van der Waals surface area contributed by atoms with Gasteiger partial charge in [-0.1, -0.05) is 31.4 Å². The summed E-state index contributed by atoms with van der Waals surface area (Å²) < 4.78 is 0. The summed E-state index contributed by atoms with van der Waals surface area (Å²) in [5.74, 6) is 0. The Labute approximate surface area is 67.1 Å². The van der Waals surface area contributed by atoms with E-state index >= 15 is 0 Å². The second-order valence-corrected chi connectivity index (χ2v) is 2.20. The van der Waals surface area contributed by atoms with Crippen molar-refractivity contribution >= 4 is 0 Å². The van der Waals surface area contributed by atoms with Crippen LogP contribution in [0.3, 0.4) is 0 Å². The van der Waals surface area contributed by atoms with Crippen molar-refractivity contribution in [2.45, 2.75) is 0 Å². The summed E-state index contributed by atoms with van der Waals surface area (Å²) in [4.78, 5) is 0. The Morgan fingerprint density at radius 2 is 2.18 bits per heavy atom.